The van der Waals surface area contributed by atoms with Gasteiger partial charge in [-0.15, -0.1) is 11.6 Å². The molecular formula is C10H16ClNO. The molecule has 0 saturated carbocycles. The molecule has 1 aliphatic carbocycles. The third-order valence-corrected chi connectivity index (χ3v) is 2.83. The quantitative estimate of drug-likeness (QED) is 0.629. The van der Waals surface area contributed by atoms with E-state index in [0.29, 0.717) is 0 Å². The molecule has 0 saturated heterocycles. The predicted molar refractivity (Wildman–Crippen MR) is 54.7 cm³/mol. The molecule has 0 aliphatic heterocycles. The number of hydrogen-bond acceptors (Lipinski definition) is 1. The van der Waals surface area contributed by atoms with Crippen LogP contribution < -0.4 is 0 Å². The largest absolute Gasteiger partial charge is 0.318 e. The van der Waals surface area contributed by atoms with Gasteiger partial charge in [0.25, 0.3) is 0 Å². The van der Waals surface area contributed by atoms with Crippen LogP contribution in [0.4, 0.5) is 0 Å². The summed E-state index contributed by atoms with van der Waals surface area (Å²) in [5.41, 5.74) is 2.52. The van der Waals surface area contributed by atoms with Crippen LogP contribution in [0.2, 0.25) is 0 Å². The highest BCUT2D eigenvalue weighted by molar-refractivity contribution is 6.27. The van der Waals surface area contributed by atoms with E-state index in [1.807, 2.05) is 7.05 Å². The minimum absolute atomic E-state index is 0.00193. The van der Waals surface area contributed by atoms with Gasteiger partial charge in [-0.2, -0.15) is 0 Å². The Morgan fingerprint density at radius 2 is 2.08 bits per heavy atom. The van der Waals surface area contributed by atoms with Gasteiger partial charge in [0.05, 0.1) is 0 Å². The predicted octanol–water partition coefficient (Wildman–Crippen LogP) is 2.53. The zero-order valence-corrected chi connectivity index (χ0v) is 9.02. The zero-order chi connectivity index (χ0) is 9.84. The van der Waals surface area contributed by atoms with Crippen molar-refractivity contribution in [2.75, 3.05) is 12.9 Å². The first-order valence-corrected chi connectivity index (χ1v) is 5.21. The third-order valence-electron chi connectivity index (χ3n) is 2.60. The van der Waals surface area contributed by atoms with E-state index in [1.165, 1.54) is 24.1 Å². The molecule has 0 aromatic carbocycles. The molecule has 0 atom stereocenters. The van der Waals surface area contributed by atoms with E-state index >= 15 is 0 Å². The third kappa shape index (κ3) is 2.47. The second-order valence-electron chi connectivity index (χ2n) is 3.52. The topological polar surface area (TPSA) is 20.3 Å². The lowest BCUT2D eigenvalue weighted by Gasteiger charge is -2.25. The fourth-order valence-corrected chi connectivity index (χ4v) is 1.91. The summed E-state index contributed by atoms with van der Waals surface area (Å²) < 4.78 is 0. The van der Waals surface area contributed by atoms with Gasteiger partial charge in [-0.3, -0.25) is 4.79 Å². The molecule has 13 heavy (non-hydrogen) atoms. The maximum atomic E-state index is 11.3. The van der Waals surface area contributed by atoms with E-state index in [2.05, 4.69) is 6.92 Å². The highest BCUT2D eigenvalue weighted by Gasteiger charge is 2.17. The molecule has 0 aromatic rings. The number of allylic oxidation sites excluding steroid dienone is 2. The van der Waals surface area contributed by atoms with Gasteiger partial charge in [0.1, 0.15) is 5.88 Å². The summed E-state index contributed by atoms with van der Waals surface area (Å²) in [6, 6.07) is 0. The molecule has 0 fully saturated rings. The smallest absolute Gasteiger partial charge is 0.241 e. The Balaban J connectivity index is 2.74. The van der Waals surface area contributed by atoms with Crippen molar-refractivity contribution in [3.8, 4) is 0 Å². The SMILES string of the molecule is CC1=C(N(C)C(=O)CCl)CCCC1. The Morgan fingerprint density at radius 1 is 1.46 bits per heavy atom. The number of rotatable bonds is 2. The van der Waals surface area contributed by atoms with Gasteiger partial charge < -0.3 is 4.90 Å². The van der Waals surface area contributed by atoms with Crippen molar-refractivity contribution in [3.05, 3.63) is 11.3 Å². The second kappa shape index (κ2) is 4.66. The van der Waals surface area contributed by atoms with E-state index in [4.69, 9.17) is 11.6 Å². The van der Waals surface area contributed by atoms with Crippen molar-refractivity contribution in [1.29, 1.82) is 0 Å². The molecule has 0 spiro atoms. The minimum Gasteiger partial charge on any atom is -0.318 e. The number of carbonyl (C=O) groups excluding carboxylic acids is 1. The van der Waals surface area contributed by atoms with Gasteiger partial charge in [-0.05, 0) is 32.6 Å². The summed E-state index contributed by atoms with van der Waals surface area (Å²) in [4.78, 5) is 13.0. The molecule has 1 rings (SSSR count). The summed E-state index contributed by atoms with van der Waals surface area (Å²) in [5.74, 6) is 0.0747. The maximum absolute atomic E-state index is 11.3. The molecule has 0 N–H and O–H groups in total. The first-order chi connectivity index (χ1) is 6.16. The summed E-state index contributed by atoms with van der Waals surface area (Å²) in [5, 5.41) is 0. The van der Waals surface area contributed by atoms with Crippen LogP contribution in [-0.2, 0) is 4.79 Å². The van der Waals surface area contributed by atoms with Gasteiger partial charge in [0, 0.05) is 12.7 Å². The number of carbonyl (C=O) groups is 1. The van der Waals surface area contributed by atoms with Crippen LogP contribution in [0, 0.1) is 0 Å². The van der Waals surface area contributed by atoms with Crippen LogP contribution in [0.3, 0.4) is 0 Å². The Bertz CT molecular complexity index is 235. The van der Waals surface area contributed by atoms with Gasteiger partial charge in [-0.1, -0.05) is 5.57 Å². The average Bonchev–Trinajstić information content (AvgIpc) is 2.16. The fourth-order valence-electron chi connectivity index (χ4n) is 1.73. The molecule has 0 aromatic heterocycles. The molecule has 3 heteroatoms. The lowest BCUT2D eigenvalue weighted by molar-refractivity contribution is -0.125. The van der Waals surface area contributed by atoms with E-state index in [-0.39, 0.29) is 11.8 Å². The van der Waals surface area contributed by atoms with Crippen molar-refractivity contribution < 1.29 is 4.79 Å². The molecule has 0 bridgehead atoms. The molecule has 0 unspecified atom stereocenters. The van der Waals surface area contributed by atoms with Crippen molar-refractivity contribution in [2.24, 2.45) is 0 Å². The summed E-state index contributed by atoms with van der Waals surface area (Å²) in [6.07, 6.45) is 4.57. The van der Waals surface area contributed by atoms with Crippen LogP contribution in [0.5, 0.6) is 0 Å². The van der Waals surface area contributed by atoms with E-state index in [1.54, 1.807) is 4.90 Å². The highest BCUT2D eigenvalue weighted by Crippen LogP contribution is 2.26. The molecule has 1 amide bonds. The number of alkyl halides is 1. The number of halogens is 1. The Morgan fingerprint density at radius 3 is 2.62 bits per heavy atom. The van der Waals surface area contributed by atoms with Gasteiger partial charge in [-0.25, -0.2) is 0 Å². The average molecular weight is 202 g/mol. The highest BCUT2D eigenvalue weighted by atomic mass is 35.5. The van der Waals surface area contributed by atoms with Crippen LogP contribution in [-0.4, -0.2) is 23.7 Å². The van der Waals surface area contributed by atoms with Gasteiger partial charge in [0.15, 0.2) is 0 Å². The van der Waals surface area contributed by atoms with Crippen molar-refractivity contribution in [3.63, 3.8) is 0 Å². The normalized spacial score (nSPS) is 17.5. The first-order valence-electron chi connectivity index (χ1n) is 4.68. The van der Waals surface area contributed by atoms with E-state index in [9.17, 15) is 4.79 Å². The monoisotopic (exact) mass is 201 g/mol. The molecule has 74 valence electrons. The van der Waals surface area contributed by atoms with Crippen LogP contribution in [0.25, 0.3) is 0 Å². The molecular weight excluding hydrogens is 186 g/mol. The van der Waals surface area contributed by atoms with E-state index < -0.39 is 0 Å². The van der Waals surface area contributed by atoms with Gasteiger partial charge in [0.2, 0.25) is 5.91 Å². The first kappa shape index (κ1) is 10.6. The van der Waals surface area contributed by atoms with Crippen molar-refractivity contribution in [1.82, 2.24) is 4.90 Å². The summed E-state index contributed by atoms with van der Waals surface area (Å²) >= 11 is 5.50. The van der Waals surface area contributed by atoms with Crippen LogP contribution >= 0.6 is 11.6 Å². The number of amides is 1. The lowest BCUT2D eigenvalue weighted by Crippen LogP contribution is -2.28. The van der Waals surface area contributed by atoms with Crippen molar-refractivity contribution in [2.45, 2.75) is 32.6 Å². The molecule has 2 nitrogen and oxygen atoms in total. The zero-order valence-electron chi connectivity index (χ0n) is 8.27. The summed E-state index contributed by atoms with van der Waals surface area (Å²) in [6.45, 7) is 2.10. The van der Waals surface area contributed by atoms with Crippen LogP contribution in [0.15, 0.2) is 11.3 Å². The Labute approximate surface area is 84.6 Å². The second-order valence-corrected chi connectivity index (χ2v) is 3.79. The maximum Gasteiger partial charge on any atom is 0.241 e. The van der Waals surface area contributed by atoms with Crippen molar-refractivity contribution >= 4 is 17.5 Å². The fraction of sp³-hybridized carbons (Fsp3) is 0.700. The summed E-state index contributed by atoms with van der Waals surface area (Å²) in [7, 11) is 1.81. The Kier molecular flexibility index (Phi) is 3.79. The van der Waals surface area contributed by atoms with Crippen LogP contribution in [0.1, 0.15) is 32.6 Å². The molecule has 1 aliphatic rings. The van der Waals surface area contributed by atoms with Gasteiger partial charge >= 0.3 is 0 Å². The minimum atomic E-state index is -0.00193. The standard InChI is InChI=1S/C10H16ClNO/c1-8-5-3-4-6-9(8)12(2)10(13)7-11/h3-7H2,1-2H3. The Hall–Kier alpha value is -0.500. The lowest BCUT2D eigenvalue weighted by atomic mass is 9.97. The molecule has 0 radical (unpaired) electrons. The van der Waals surface area contributed by atoms with E-state index in [0.717, 1.165) is 12.8 Å². The number of hydrogen-bond donors (Lipinski definition) is 0. The number of nitrogens with zero attached hydrogens (tertiary/aromatic N) is 1. The molecule has 0 heterocycles.